The van der Waals surface area contributed by atoms with Gasteiger partial charge in [-0.2, -0.15) is 0 Å². The van der Waals surface area contributed by atoms with Crippen molar-refractivity contribution >= 4 is 55.2 Å². The molecule has 0 saturated heterocycles. The van der Waals surface area contributed by atoms with Crippen LogP contribution in [0.5, 0.6) is 5.75 Å². The molecule has 0 bridgehead atoms. The smallest absolute Gasteiger partial charge is 0.339 e. The van der Waals surface area contributed by atoms with Gasteiger partial charge in [-0.25, -0.2) is 4.79 Å². The first-order valence-corrected chi connectivity index (χ1v) is 8.17. The third-order valence-electron chi connectivity index (χ3n) is 2.64. The molecule has 9 heteroatoms. The van der Waals surface area contributed by atoms with Crippen LogP contribution in [-0.4, -0.2) is 24.9 Å². The van der Waals surface area contributed by atoms with E-state index in [1.54, 1.807) is 6.07 Å². The lowest BCUT2D eigenvalue weighted by molar-refractivity contribution is 0.0694. The fourth-order valence-corrected chi connectivity index (χ4v) is 3.88. The molecule has 0 amide bonds. The van der Waals surface area contributed by atoms with Crippen LogP contribution >= 0.6 is 27.3 Å². The third-order valence-corrected chi connectivity index (χ3v) is 5.58. The van der Waals surface area contributed by atoms with Gasteiger partial charge < -0.3 is 14.8 Å². The number of hydrogen-bond acceptors (Lipinski definition) is 5. The normalized spacial score (nSPS) is 12.1. The van der Waals surface area contributed by atoms with E-state index in [1.165, 1.54) is 17.4 Å². The van der Waals surface area contributed by atoms with Gasteiger partial charge in [-0.05, 0) is 46.6 Å². The van der Waals surface area contributed by atoms with Crippen molar-refractivity contribution in [3.63, 3.8) is 0 Å². The minimum absolute atomic E-state index is 0.152. The Balaban J connectivity index is 2.51. The topological polar surface area (TPSA) is 101 Å². The molecule has 0 radical (unpaired) electrons. The Morgan fingerprint density at radius 3 is 2.52 bits per heavy atom. The molecule has 21 heavy (non-hydrogen) atoms. The molecule has 2 N–H and O–H groups in total. The Morgan fingerprint density at radius 1 is 1.43 bits per heavy atom. The highest BCUT2D eigenvalue weighted by molar-refractivity contribution is 9.11. The first-order valence-electron chi connectivity index (χ1n) is 5.53. The van der Waals surface area contributed by atoms with E-state index in [4.69, 9.17) is 5.11 Å². The fraction of sp³-hybridized carbons (Fsp3) is 0.0833. The maximum Gasteiger partial charge on any atom is 0.339 e. The second-order valence-electron chi connectivity index (χ2n) is 4.06. The minimum Gasteiger partial charge on any atom is -0.755 e. The largest absolute Gasteiger partial charge is 0.755 e. The van der Waals surface area contributed by atoms with Gasteiger partial charge in [-0.1, -0.05) is 0 Å². The average molecular weight is 391 g/mol. The number of benzene rings is 1. The molecule has 0 fully saturated rings. The summed E-state index contributed by atoms with van der Waals surface area (Å²) >= 11 is 1.92. The van der Waals surface area contributed by atoms with Crippen LogP contribution in [0.1, 0.15) is 15.9 Å². The van der Waals surface area contributed by atoms with Crippen molar-refractivity contribution < 1.29 is 23.8 Å². The average Bonchev–Trinajstić information content (AvgIpc) is 2.68. The molecule has 1 heterocycles. The Labute approximate surface area is 135 Å². The zero-order valence-electron chi connectivity index (χ0n) is 10.6. The van der Waals surface area contributed by atoms with Crippen LogP contribution in [0.2, 0.25) is 0 Å². The summed E-state index contributed by atoms with van der Waals surface area (Å²) in [5, 5.41) is 19.0. The number of phenols is 1. The number of thiophene rings is 1. The number of nitrogens with zero attached hydrogens (tertiary/aromatic N) is 1. The van der Waals surface area contributed by atoms with E-state index in [-0.39, 0.29) is 11.3 Å². The Kier molecular flexibility index (Phi) is 4.67. The summed E-state index contributed by atoms with van der Waals surface area (Å²) in [5.74, 6) is -1.79. The van der Waals surface area contributed by atoms with Crippen molar-refractivity contribution in [1.82, 2.24) is 0 Å². The number of aromatic carboxylic acids is 1. The van der Waals surface area contributed by atoms with E-state index in [0.29, 0.717) is 5.00 Å². The number of hydrogen-bond donors (Lipinski definition) is 2. The van der Waals surface area contributed by atoms with E-state index in [9.17, 15) is 18.7 Å². The molecule has 1 atom stereocenters. The SMILES string of the molecule is Cc1cc(N(c2ccc(C(=O)O)c(O)c2)S(=O)[O-])sc1Br. The molecule has 1 aromatic carbocycles. The van der Waals surface area contributed by atoms with Crippen molar-refractivity contribution in [2.45, 2.75) is 6.92 Å². The summed E-state index contributed by atoms with van der Waals surface area (Å²) in [4.78, 5) is 10.9. The summed E-state index contributed by atoms with van der Waals surface area (Å²) in [6, 6.07) is 5.25. The molecule has 0 saturated carbocycles. The summed E-state index contributed by atoms with van der Waals surface area (Å²) in [5.41, 5.74) is 0.732. The molecule has 6 nitrogen and oxygen atoms in total. The fourth-order valence-electron chi connectivity index (χ4n) is 1.66. The summed E-state index contributed by atoms with van der Waals surface area (Å²) in [7, 11) is 0. The molecule has 0 aliphatic heterocycles. The van der Waals surface area contributed by atoms with Gasteiger partial charge in [-0.3, -0.25) is 8.51 Å². The second kappa shape index (κ2) is 6.14. The van der Waals surface area contributed by atoms with E-state index >= 15 is 0 Å². The van der Waals surface area contributed by atoms with Gasteiger partial charge in [-0.15, -0.1) is 11.3 Å². The van der Waals surface area contributed by atoms with Crippen molar-refractivity contribution in [2.75, 3.05) is 4.31 Å². The number of rotatable bonds is 4. The molecule has 2 rings (SSSR count). The van der Waals surface area contributed by atoms with Crippen LogP contribution in [-0.2, 0) is 11.3 Å². The third kappa shape index (κ3) is 3.26. The molecule has 0 aliphatic carbocycles. The molecular formula is C12H9BrNO5S2-. The molecular weight excluding hydrogens is 382 g/mol. The highest BCUT2D eigenvalue weighted by atomic mass is 79.9. The van der Waals surface area contributed by atoms with Gasteiger partial charge >= 0.3 is 5.97 Å². The maximum absolute atomic E-state index is 11.5. The Hall–Kier alpha value is -1.42. The summed E-state index contributed by atoms with van der Waals surface area (Å²) in [6.45, 7) is 1.82. The van der Waals surface area contributed by atoms with Gasteiger partial charge in [0.25, 0.3) is 0 Å². The number of carboxylic acid groups (broad SMARTS) is 1. The zero-order valence-corrected chi connectivity index (χ0v) is 13.8. The number of anilines is 2. The molecule has 112 valence electrons. The predicted molar refractivity (Wildman–Crippen MR) is 82.9 cm³/mol. The molecule has 1 unspecified atom stereocenters. The van der Waals surface area contributed by atoms with Gasteiger partial charge in [0.2, 0.25) is 0 Å². The number of carbonyl (C=O) groups is 1. The van der Waals surface area contributed by atoms with E-state index in [1.807, 2.05) is 6.92 Å². The second-order valence-corrected chi connectivity index (χ2v) is 7.21. The monoisotopic (exact) mass is 390 g/mol. The number of halogens is 1. The van der Waals surface area contributed by atoms with E-state index in [2.05, 4.69) is 15.9 Å². The van der Waals surface area contributed by atoms with Crippen molar-refractivity contribution in [3.8, 4) is 5.75 Å². The van der Waals surface area contributed by atoms with Crippen LogP contribution in [0.25, 0.3) is 0 Å². The first kappa shape index (κ1) is 16.0. The summed E-state index contributed by atoms with van der Waals surface area (Å²) < 4.78 is 24.7. The van der Waals surface area contributed by atoms with Gasteiger partial charge in [0, 0.05) is 6.07 Å². The first-order chi connectivity index (χ1) is 9.81. The van der Waals surface area contributed by atoms with Gasteiger partial charge in [0.05, 0.1) is 20.7 Å². The minimum atomic E-state index is -2.61. The predicted octanol–water partition coefficient (Wildman–Crippen LogP) is 3.16. The van der Waals surface area contributed by atoms with Crippen molar-refractivity contribution in [2.24, 2.45) is 0 Å². The Bertz CT molecular complexity index is 711. The Morgan fingerprint density at radius 2 is 2.10 bits per heavy atom. The molecule has 0 aliphatic rings. The van der Waals surface area contributed by atoms with Crippen LogP contribution in [0.3, 0.4) is 0 Å². The zero-order chi connectivity index (χ0) is 15.7. The maximum atomic E-state index is 11.5. The highest BCUT2D eigenvalue weighted by Crippen LogP contribution is 2.39. The van der Waals surface area contributed by atoms with Crippen LogP contribution < -0.4 is 4.31 Å². The van der Waals surface area contributed by atoms with Crippen LogP contribution in [0, 0.1) is 6.92 Å². The lowest BCUT2D eigenvalue weighted by Crippen LogP contribution is -2.18. The van der Waals surface area contributed by atoms with Crippen molar-refractivity contribution in [3.05, 3.63) is 39.2 Å². The van der Waals surface area contributed by atoms with Gasteiger partial charge in [0.15, 0.2) is 0 Å². The molecule has 2 aromatic rings. The lowest BCUT2D eigenvalue weighted by atomic mass is 10.2. The number of aromatic hydroxyl groups is 1. The number of carboxylic acids is 1. The quantitative estimate of drug-likeness (QED) is 0.780. The van der Waals surface area contributed by atoms with E-state index < -0.39 is 23.0 Å². The molecule has 1 aromatic heterocycles. The van der Waals surface area contributed by atoms with E-state index in [0.717, 1.165) is 25.8 Å². The lowest BCUT2D eigenvalue weighted by Gasteiger charge is -2.25. The van der Waals surface area contributed by atoms with Crippen molar-refractivity contribution in [1.29, 1.82) is 0 Å². The standard InChI is InChI=1S/C12H10BrNO5S2/c1-6-4-10(20-11(6)13)14(21(18)19)7-2-3-8(12(16)17)9(15)5-7/h2-5,15H,1H3,(H,16,17)(H,18,19)/p-1. The van der Waals surface area contributed by atoms with Crippen LogP contribution in [0.15, 0.2) is 28.1 Å². The number of aryl methyl sites for hydroxylation is 1. The van der Waals surface area contributed by atoms with Crippen LogP contribution in [0.4, 0.5) is 10.7 Å². The van der Waals surface area contributed by atoms with Gasteiger partial charge in [0.1, 0.15) is 16.3 Å². The highest BCUT2D eigenvalue weighted by Gasteiger charge is 2.17. The molecule has 0 spiro atoms. The summed E-state index contributed by atoms with van der Waals surface area (Å²) in [6.07, 6.45) is 0.